The predicted octanol–water partition coefficient (Wildman–Crippen LogP) is 34.1. The molecule has 0 aliphatic carbocycles. The molecule has 4 heterocycles. The van der Waals surface area contributed by atoms with E-state index in [4.69, 9.17) is 18.3 Å². The molecule has 592 valence electrons. The van der Waals surface area contributed by atoms with Gasteiger partial charge in [-0.3, -0.25) is 0 Å². The average molecular weight is 1600 g/mol. The Bertz CT molecular complexity index is 8010. The molecule has 124 heavy (non-hydrogen) atoms. The molecule has 8 nitrogen and oxygen atoms in total. The van der Waals surface area contributed by atoms with Crippen molar-refractivity contribution in [3.63, 3.8) is 0 Å². The second-order valence-corrected chi connectivity index (χ2v) is 34.6. The second-order valence-electron chi connectivity index (χ2n) is 34.6. The van der Waals surface area contributed by atoms with Crippen molar-refractivity contribution in [3.8, 4) is 45.3 Å². The van der Waals surface area contributed by atoms with Crippen LogP contribution in [0.15, 0.2) is 409 Å². The van der Waals surface area contributed by atoms with Crippen molar-refractivity contribution in [2.24, 2.45) is 0 Å². The topological polar surface area (TPSA) is 57.7 Å². The standard InChI is InChI=1S/C60H36N2O3.C56H48N2O/c1-3-16-37(17-4-1)61(51-27-13-25-46-42-22-9-11-29-54(42)64-59(46)51)39-32-33-44-50-35-48-40-20-7-8-21-41(40)53(36-49(48)45-24-15-31-56(58(45)50)63-57(44)34-39)62(38-18-5-2-6-19-38)52-28-14-26-47-43-23-10-12-30-55(43)65-60(47)52;1-55(2,3)37-24-28-41(29-25-37)57(39-16-9-7-10-17-39)43-32-33-46-50-35-48-44-20-13-14-21-45(44)51(36-49(48)47-22-15-23-52(54(47)50)59-53(46)34-43)58(40-18-11-8-12-19-40)42-30-26-38(27-31-42)56(4,5)6/h1-36H;7-36H,1-6H3. The molecule has 20 aromatic carbocycles. The summed E-state index contributed by atoms with van der Waals surface area (Å²) in [7, 11) is 0. The lowest BCUT2D eigenvalue weighted by molar-refractivity contribution is 0.487. The molecule has 0 N–H and O–H groups in total. The summed E-state index contributed by atoms with van der Waals surface area (Å²) in [5.74, 6) is 3.35. The number of para-hydroxylation sites is 8. The smallest absolute Gasteiger partial charge is 0.159 e. The lowest BCUT2D eigenvalue weighted by Crippen LogP contribution is -2.13. The Kier molecular flexibility index (Phi) is 17.2. The molecule has 24 rings (SSSR count). The van der Waals surface area contributed by atoms with Crippen molar-refractivity contribution in [2.75, 3.05) is 19.6 Å². The summed E-state index contributed by atoms with van der Waals surface area (Å²) < 4.78 is 27.2. The van der Waals surface area contributed by atoms with Crippen LogP contribution in [0.5, 0.6) is 23.0 Å². The van der Waals surface area contributed by atoms with Crippen molar-refractivity contribution in [3.05, 3.63) is 412 Å². The summed E-state index contributed by atoms with van der Waals surface area (Å²) in [6, 6.07) is 143. The maximum absolute atomic E-state index is 7.00. The van der Waals surface area contributed by atoms with E-state index >= 15 is 0 Å². The first kappa shape index (κ1) is 73.5. The third-order valence-electron chi connectivity index (χ3n) is 25.1. The largest absolute Gasteiger partial charge is 0.456 e. The zero-order valence-corrected chi connectivity index (χ0v) is 69.5. The highest BCUT2D eigenvalue weighted by Gasteiger charge is 2.32. The fourth-order valence-electron chi connectivity index (χ4n) is 19.2. The molecule has 2 aliphatic heterocycles. The van der Waals surface area contributed by atoms with Crippen molar-refractivity contribution in [1.82, 2.24) is 0 Å². The van der Waals surface area contributed by atoms with Crippen LogP contribution in [0, 0.1) is 0 Å². The van der Waals surface area contributed by atoms with Crippen LogP contribution >= 0.6 is 0 Å². The molecule has 0 radical (unpaired) electrons. The molecule has 0 saturated heterocycles. The zero-order chi connectivity index (χ0) is 83.1. The highest BCUT2D eigenvalue weighted by Crippen LogP contribution is 2.57. The normalized spacial score (nSPS) is 12.2. The van der Waals surface area contributed by atoms with E-state index in [9.17, 15) is 0 Å². The summed E-state index contributed by atoms with van der Waals surface area (Å²) in [4.78, 5) is 9.35. The van der Waals surface area contributed by atoms with Crippen LogP contribution in [0.2, 0.25) is 0 Å². The van der Waals surface area contributed by atoms with Crippen LogP contribution in [0.25, 0.3) is 131 Å². The maximum Gasteiger partial charge on any atom is 0.159 e. The Morgan fingerprint density at radius 2 is 0.492 bits per heavy atom. The summed E-state index contributed by atoms with van der Waals surface area (Å²) in [5.41, 5.74) is 23.3. The molecule has 0 fully saturated rings. The first-order chi connectivity index (χ1) is 60.8. The molecule has 2 aliphatic rings. The van der Waals surface area contributed by atoms with Gasteiger partial charge in [0.25, 0.3) is 0 Å². The lowest BCUT2D eigenvalue weighted by atomic mass is 9.87. The summed E-state index contributed by atoms with van der Waals surface area (Å²) in [5, 5.41) is 18.4. The Morgan fingerprint density at radius 1 is 0.185 bits per heavy atom. The first-order valence-electron chi connectivity index (χ1n) is 42.7. The van der Waals surface area contributed by atoms with E-state index in [1.54, 1.807) is 0 Å². The first-order valence-corrected chi connectivity index (χ1v) is 42.7. The number of ether oxygens (including phenoxy) is 2. The third kappa shape index (κ3) is 12.3. The Morgan fingerprint density at radius 3 is 0.927 bits per heavy atom. The number of anilines is 12. The van der Waals surface area contributed by atoms with Crippen molar-refractivity contribution in [2.45, 2.75) is 52.4 Å². The number of nitrogens with zero attached hydrogens (tertiary/aromatic N) is 4. The van der Waals surface area contributed by atoms with E-state index in [2.05, 4.69) is 431 Å². The van der Waals surface area contributed by atoms with Crippen LogP contribution in [-0.2, 0) is 10.8 Å². The van der Waals surface area contributed by atoms with Gasteiger partial charge in [-0.15, -0.1) is 0 Å². The van der Waals surface area contributed by atoms with Crippen LogP contribution in [0.1, 0.15) is 52.7 Å². The molecule has 0 atom stereocenters. The van der Waals surface area contributed by atoms with Gasteiger partial charge in [-0.1, -0.05) is 272 Å². The minimum Gasteiger partial charge on any atom is -0.456 e. The predicted molar refractivity (Wildman–Crippen MR) is 520 cm³/mol. The van der Waals surface area contributed by atoms with Gasteiger partial charge in [-0.05, 0) is 234 Å². The minimum absolute atomic E-state index is 0.0625. The quantitative estimate of drug-likeness (QED) is 0.112. The number of hydrogen-bond acceptors (Lipinski definition) is 8. The second kappa shape index (κ2) is 29.1. The molecule has 0 unspecified atom stereocenters. The van der Waals surface area contributed by atoms with E-state index in [0.717, 1.165) is 179 Å². The zero-order valence-electron chi connectivity index (χ0n) is 69.5. The molecule has 0 spiro atoms. The fourth-order valence-corrected chi connectivity index (χ4v) is 19.2. The number of hydrogen-bond donors (Lipinski definition) is 0. The summed E-state index contributed by atoms with van der Waals surface area (Å²) >= 11 is 0. The van der Waals surface area contributed by atoms with E-state index in [0.29, 0.717) is 0 Å². The van der Waals surface area contributed by atoms with Gasteiger partial charge in [-0.25, -0.2) is 0 Å². The fraction of sp³-hybridized carbons (Fsp3) is 0.0690. The van der Waals surface area contributed by atoms with Gasteiger partial charge in [0.2, 0.25) is 0 Å². The summed E-state index contributed by atoms with van der Waals surface area (Å²) in [6.07, 6.45) is 0. The molecule has 8 heteroatoms. The van der Waals surface area contributed by atoms with E-state index in [1.165, 1.54) is 54.4 Å². The van der Waals surface area contributed by atoms with Gasteiger partial charge in [0.05, 0.1) is 28.4 Å². The van der Waals surface area contributed by atoms with Crippen LogP contribution in [-0.4, -0.2) is 0 Å². The highest BCUT2D eigenvalue weighted by atomic mass is 16.5. The number of fused-ring (bicyclic) bond motifs is 18. The van der Waals surface area contributed by atoms with Gasteiger partial charge in [0.1, 0.15) is 34.2 Å². The van der Waals surface area contributed by atoms with Crippen molar-refractivity contribution in [1.29, 1.82) is 0 Å². The highest BCUT2D eigenvalue weighted by molar-refractivity contribution is 6.28. The van der Waals surface area contributed by atoms with Gasteiger partial charge in [0.15, 0.2) is 11.2 Å². The van der Waals surface area contributed by atoms with E-state index < -0.39 is 0 Å². The summed E-state index contributed by atoms with van der Waals surface area (Å²) in [6.45, 7) is 13.6. The molecule has 22 aromatic rings. The Balaban J connectivity index is 0.000000144. The molecule has 0 amide bonds. The lowest BCUT2D eigenvalue weighted by Gasteiger charge is -2.30. The molecular formula is C116H84N4O4. The number of benzene rings is 20. The molecular weight excluding hydrogens is 1510 g/mol. The molecule has 2 aromatic heterocycles. The van der Waals surface area contributed by atoms with E-state index in [-0.39, 0.29) is 10.8 Å². The van der Waals surface area contributed by atoms with Gasteiger partial charge < -0.3 is 37.9 Å². The molecule has 0 bridgehead atoms. The van der Waals surface area contributed by atoms with Crippen molar-refractivity contribution < 1.29 is 18.3 Å². The van der Waals surface area contributed by atoms with Crippen LogP contribution in [0.3, 0.4) is 0 Å². The Labute approximate surface area is 719 Å². The number of furan rings is 2. The van der Waals surface area contributed by atoms with Crippen LogP contribution < -0.4 is 29.1 Å². The van der Waals surface area contributed by atoms with Gasteiger partial charge >= 0.3 is 0 Å². The van der Waals surface area contributed by atoms with Gasteiger partial charge in [0, 0.05) is 106 Å². The Hall–Kier alpha value is -15.6. The average Bonchev–Trinajstić information content (AvgIpc) is 0.857. The third-order valence-corrected chi connectivity index (χ3v) is 25.1. The van der Waals surface area contributed by atoms with Crippen LogP contribution in [0.4, 0.5) is 68.2 Å². The SMILES string of the molecule is CC(C)(C)c1ccc(N(c2ccccc2)c2ccc3c(c2)Oc2cccc4c2c-3cc2c3ccccc3c(N(c3ccccc3)c3ccc(C(C)(C)C)cc3)cc42)cc1.c1ccc(N(c2ccc3c(c2)Oc2cccc4c2c-3cc2c3ccccc3c(N(c3ccccc3)c3cccc5c3oc3ccccc35)cc42)c2cccc3c2oc2ccccc23)cc1. The van der Waals surface area contributed by atoms with Crippen molar-refractivity contribution >= 4 is 177 Å². The molecule has 0 saturated carbocycles. The number of rotatable bonds is 12. The van der Waals surface area contributed by atoms with E-state index in [1.807, 2.05) is 30.3 Å². The minimum atomic E-state index is 0.0625. The van der Waals surface area contributed by atoms with Gasteiger partial charge in [-0.2, -0.15) is 0 Å². The maximum atomic E-state index is 7.00. The monoisotopic (exact) mass is 1600 g/mol.